The number of carbonyl (C=O) groups excluding carboxylic acids is 2. The van der Waals surface area contributed by atoms with Crippen LogP contribution in [0, 0.1) is 5.92 Å². The van der Waals surface area contributed by atoms with Crippen molar-refractivity contribution in [2.45, 2.75) is 50.7 Å². The number of aliphatic hydroxyl groups is 1. The molecule has 0 unspecified atom stereocenters. The highest BCUT2D eigenvalue weighted by Crippen LogP contribution is 2.32. The van der Waals surface area contributed by atoms with Gasteiger partial charge in [0.25, 0.3) is 5.91 Å². The number of halogens is 1. The largest absolute Gasteiger partial charge is 0.388 e. The molecule has 0 aliphatic carbocycles. The predicted molar refractivity (Wildman–Crippen MR) is 108 cm³/mol. The molecule has 0 bridgehead atoms. The van der Waals surface area contributed by atoms with Gasteiger partial charge in [-0.1, -0.05) is 13.8 Å². The molecule has 3 rings (SSSR count). The number of fused-ring (bicyclic) bond motifs is 1. The number of rotatable bonds is 6. The second kappa shape index (κ2) is 8.67. The van der Waals surface area contributed by atoms with E-state index >= 15 is 0 Å². The Balaban J connectivity index is 1.75. The molecule has 0 spiro atoms. The highest BCUT2D eigenvalue weighted by molar-refractivity contribution is 5.98. The number of carbonyl (C=O) groups is 2. The minimum atomic E-state index is -1.34. The van der Waals surface area contributed by atoms with Crippen LogP contribution in [0.1, 0.15) is 30.6 Å². The van der Waals surface area contributed by atoms with Crippen LogP contribution in [0.5, 0.6) is 0 Å². The highest BCUT2D eigenvalue weighted by Gasteiger charge is 2.53. The maximum absolute atomic E-state index is 14.3. The molecular formula is C21H30FN3O4. The SMILES string of the molecule is CC(C)C[C@H](NC(=O)c1ccc(N(C)C)cc1)C(=O)N1C[C@H](F)[C@H]2OC[C@H](O)[C@H]21. The van der Waals surface area contributed by atoms with Crippen LogP contribution in [-0.2, 0) is 9.53 Å². The first kappa shape index (κ1) is 21.5. The van der Waals surface area contributed by atoms with Crippen LogP contribution in [-0.4, -0.2) is 79.5 Å². The van der Waals surface area contributed by atoms with Gasteiger partial charge in [-0.2, -0.15) is 0 Å². The standard InChI is InChI=1S/C21H30FN3O4/c1-12(2)9-16(23-20(27)13-5-7-14(8-6-13)24(3)4)21(28)25-10-15(22)19-18(25)17(26)11-29-19/h5-8,12,15-19,26H,9-11H2,1-4H3,(H,23,27)/t15-,16-,17-,18+,19+/m0/s1. The Bertz CT molecular complexity index is 740. The van der Waals surface area contributed by atoms with Crippen molar-refractivity contribution in [2.75, 3.05) is 32.1 Å². The first-order chi connectivity index (χ1) is 13.7. The molecule has 29 heavy (non-hydrogen) atoms. The molecule has 0 radical (unpaired) electrons. The van der Waals surface area contributed by atoms with Crippen molar-refractivity contribution in [1.29, 1.82) is 0 Å². The molecule has 2 aliphatic rings. The van der Waals surface area contributed by atoms with Crippen molar-refractivity contribution in [1.82, 2.24) is 10.2 Å². The van der Waals surface area contributed by atoms with Gasteiger partial charge in [0, 0.05) is 25.3 Å². The van der Waals surface area contributed by atoms with E-state index in [-0.39, 0.29) is 30.9 Å². The summed E-state index contributed by atoms with van der Waals surface area (Å²) in [4.78, 5) is 29.2. The third-order valence-corrected chi connectivity index (χ3v) is 5.52. The Kier molecular flexibility index (Phi) is 6.43. The van der Waals surface area contributed by atoms with Gasteiger partial charge in [0.15, 0.2) is 0 Å². The van der Waals surface area contributed by atoms with Crippen molar-refractivity contribution >= 4 is 17.5 Å². The van der Waals surface area contributed by atoms with E-state index in [0.29, 0.717) is 12.0 Å². The molecule has 1 aromatic rings. The van der Waals surface area contributed by atoms with Gasteiger partial charge in [0.05, 0.1) is 19.2 Å². The second-order valence-corrected chi connectivity index (χ2v) is 8.46. The van der Waals surface area contributed by atoms with Crippen molar-refractivity contribution in [3.8, 4) is 0 Å². The molecule has 1 aromatic carbocycles. The minimum Gasteiger partial charge on any atom is -0.388 e. The molecule has 0 saturated carbocycles. The number of nitrogens with one attached hydrogen (secondary N) is 1. The quantitative estimate of drug-likeness (QED) is 0.741. The molecule has 2 saturated heterocycles. The van der Waals surface area contributed by atoms with Crippen LogP contribution < -0.4 is 10.2 Å². The smallest absolute Gasteiger partial charge is 0.251 e. The highest BCUT2D eigenvalue weighted by atomic mass is 19.1. The number of ether oxygens (including phenoxy) is 1. The van der Waals surface area contributed by atoms with Gasteiger partial charge in [-0.05, 0) is 36.6 Å². The molecule has 2 heterocycles. The third kappa shape index (κ3) is 4.53. The molecule has 8 heteroatoms. The molecular weight excluding hydrogens is 377 g/mol. The Morgan fingerprint density at radius 2 is 1.97 bits per heavy atom. The summed E-state index contributed by atoms with van der Waals surface area (Å²) in [7, 11) is 3.82. The van der Waals surface area contributed by atoms with Crippen LogP contribution >= 0.6 is 0 Å². The lowest BCUT2D eigenvalue weighted by Crippen LogP contribution is -2.53. The Morgan fingerprint density at radius 3 is 2.55 bits per heavy atom. The first-order valence-electron chi connectivity index (χ1n) is 10.0. The monoisotopic (exact) mass is 407 g/mol. The van der Waals surface area contributed by atoms with Gasteiger partial charge >= 0.3 is 0 Å². The van der Waals surface area contributed by atoms with Gasteiger partial charge in [-0.3, -0.25) is 9.59 Å². The summed E-state index contributed by atoms with van der Waals surface area (Å²) >= 11 is 0. The summed E-state index contributed by atoms with van der Waals surface area (Å²) in [5, 5.41) is 13.0. The summed E-state index contributed by atoms with van der Waals surface area (Å²) in [5.74, 6) is -0.591. The number of hydrogen-bond donors (Lipinski definition) is 2. The number of hydrogen-bond acceptors (Lipinski definition) is 5. The number of alkyl halides is 1. The van der Waals surface area contributed by atoms with E-state index in [2.05, 4.69) is 5.32 Å². The molecule has 2 N–H and O–H groups in total. The van der Waals surface area contributed by atoms with Gasteiger partial charge in [0.2, 0.25) is 5.91 Å². The average molecular weight is 407 g/mol. The van der Waals surface area contributed by atoms with E-state index in [1.54, 1.807) is 12.1 Å². The zero-order chi connectivity index (χ0) is 21.3. The number of benzene rings is 1. The molecule has 2 aliphatic heterocycles. The number of anilines is 1. The Morgan fingerprint density at radius 1 is 1.31 bits per heavy atom. The van der Waals surface area contributed by atoms with E-state index in [1.807, 2.05) is 45.0 Å². The fraction of sp³-hybridized carbons (Fsp3) is 0.619. The lowest BCUT2D eigenvalue weighted by Gasteiger charge is -2.30. The lowest BCUT2D eigenvalue weighted by atomic mass is 10.0. The molecule has 2 amide bonds. The van der Waals surface area contributed by atoms with Gasteiger partial charge in [-0.15, -0.1) is 0 Å². The fourth-order valence-electron chi connectivity index (χ4n) is 4.03. The van der Waals surface area contributed by atoms with Crippen molar-refractivity contribution < 1.29 is 23.8 Å². The molecule has 2 fully saturated rings. The summed E-state index contributed by atoms with van der Waals surface area (Å²) in [5.41, 5.74) is 1.41. The van der Waals surface area contributed by atoms with E-state index in [9.17, 15) is 19.1 Å². The lowest BCUT2D eigenvalue weighted by molar-refractivity contribution is -0.136. The minimum absolute atomic E-state index is 0.0129. The number of likely N-dealkylation sites (tertiary alicyclic amines) is 1. The zero-order valence-corrected chi connectivity index (χ0v) is 17.3. The van der Waals surface area contributed by atoms with Crippen molar-refractivity contribution in [3.05, 3.63) is 29.8 Å². The fourth-order valence-corrected chi connectivity index (χ4v) is 4.03. The summed E-state index contributed by atoms with van der Waals surface area (Å²) in [6, 6.07) is 5.58. The number of amides is 2. The molecule has 0 aromatic heterocycles. The van der Waals surface area contributed by atoms with E-state index in [4.69, 9.17) is 4.74 Å². The molecule has 5 atom stereocenters. The third-order valence-electron chi connectivity index (χ3n) is 5.52. The topological polar surface area (TPSA) is 82.1 Å². The van der Waals surface area contributed by atoms with E-state index in [0.717, 1.165) is 5.69 Å². The van der Waals surface area contributed by atoms with Crippen LogP contribution in [0.2, 0.25) is 0 Å². The maximum atomic E-state index is 14.3. The van der Waals surface area contributed by atoms with Gasteiger partial charge in [0.1, 0.15) is 24.4 Å². The van der Waals surface area contributed by atoms with Crippen LogP contribution in [0.4, 0.5) is 10.1 Å². The first-order valence-corrected chi connectivity index (χ1v) is 10.0. The predicted octanol–water partition coefficient (Wildman–Crippen LogP) is 1.21. The number of nitrogens with zero attached hydrogens (tertiary/aromatic N) is 2. The molecule has 160 valence electrons. The Hall–Kier alpha value is -2.19. The number of aliphatic hydroxyl groups excluding tert-OH is 1. The second-order valence-electron chi connectivity index (χ2n) is 8.46. The normalized spacial score (nSPS) is 27.1. The van der Waals surface area contributed by atoms with Crippen LogP contribution in [0.15, 0.2) is 24.3 Å². The summed E-state index contributed by atoms with van der Waals surface area (Å²) in [6.45, 7) is 3.79. The van der Waals surface area contributed by atoms with E-state index in [1.165, 1.54) is 4.90 Å². The van der Waals surface area contributed by atoms with Crippen LogP contribution in [0.3, 0.4) is 0 Å². The Labute approximate surface area is 170 Å². The van der Waals surface area contributed by atoms with E-state index < -0.39 is 30.5 Å². The summed E-state index contributed by atoms with van der Waals surface area (Å²) < 4.78 is 19.6. The van der Waals surface area contributed by atoms with Crippen LogP contribution in [0.25, 0.3) is 0 Å². The maximum Gasteiger partial charge on any atom is 0.251 e. The molecule has 7 nitrogen and oxygen atoms in total. The average Bonchev–Trinajstić information content (AvgIpc) is 3.21. The summed E-state index contributed by atoms with van der Waals surface area (Å²) in [6.07, 6.45) is -2.64. The van der Waals surface area contributed by atoms with Gasteiger partial charge < -0.3 is 25.0 Å². The zero-order valence-electron chi connectivity index (χ0n) is 17.3. The van der Waals surface area contributed by atoms with Crippen molar-refractivity contribution in [3.63, 3.8) is 0 Å². The van der Waals surface area contributed by atoms with Crippen molar-refractivity contribution in [2.24, 2.45) is 5.92 Å². The van der Waals surface area contributed by atoms with Gasteiger partial charge in [-0.25, -0.2) is 4.39 Å².